The zero-order chi connectivity index (χ0) is 14.4. The Kier molecular flexibility index (Phi) is 5.44. The van der Waals surface area contributed by atoms with Crippen LogP contribution in [-0.2, 0) is 13.2 Å². The highest BCUT2D eigenvalue weighted by Crippen LogP contribution is 2.24. The zero-order valence-electron chi connectivity index (χ0n) is 11.7. The maximum Gasteiger partial charge on any atom is 0.174 e. The molecule has 0 spiro atoms. The minimum atomic E-state index is 0.320. The zero-order valence-corrected chi connectivity index (χ0v) is 12.5. The van der Waals surface area contributed by atoms with Crippen molar-refractivity contribution in [2.75, 3.05) is 6.54 Å². The number of aromatic nitrogens is 1. The Balaban J connectivity index is 1.82. The molecular formula is C15H19ClN2O2. The lowest BCUT2D eigenvalue weighted by molar-refractivity contribution is 0.248. The third-order valence-electron chi connectivity index (χ3n) is 2.67. The van der Waals surface area contributed by atoms with Crippen molar-refractivity contribution in [1.82, 2.24) is 10.5 Å². The van der Waals surface area contributed by atoms with Gasteiger partial charge in [-0.05, 0) is 24.6 Å². The minimum Gasteiger partial charge on any atom is -0.484 e. The van der Waals surface area contributed by atoms with Gasteiger partial charge >= 0.3 is 0 Å². The van der Waals surface area contributed by atoms with Crippen LogP contribution in [0.15, 0.2) is 34.9 Å². The molecule has 0 aliphatic heterocycles. The van der Waals surface area contributed by atoms with E-state index in [4.69, 9.17) is 20.9 Å². The van der Waals surface area contributed by atoms with Crippen molar-refractivity contribution >= 4 is 11.6 Å². The molecule has 0 atom stereocenters. The van der Waals surface area contributed by atoms with E-state index in [-0.39, 0.29) is 0 Å². The minimum absolute atomic E-state index is 0.320. The van der Waals surface area contributed by atoms with Gasteiger partial charge in [0.15, 0.2) is 5.76 Å². The standard InChI is InChI=1S/C15H19ClN2O2/c1-11(2)8-17-9-12-7-13(20-18-12)10-19-15-6-4-3-5-14(15)16/h3-7,11,17H,8-10H2,1-2H3. The van der Waals surface area contributed by atoms with Crippen molar-refractivity contribution in [2.45, 2.75) is 27.0 Å². The fourth-order valence-electron chi connectivity index (χ4n) is 1.71. The lowest BCUT2D eigenvalue weighted by Gasteiger charge is -2.05. The summed E-state index contributed by atoms with van der Waals surface area (Å²) in [5.41, 5.74) is 0.878. The third kappa shape index (κ3) is 4.54. The smallest absolute Gasteiger partial charge is 0.174 e. The van der Waals surface area contributed by atoms with Crippen molar-refractivity contribution < 1.29 is 9.26 Å². The average Bonchev–Trinajstić information content (AvgIpc) is 2.85. The number of ether oxygens (including phenoxy) is 1. The molecule has 2 aromatic rings. The molecule has 0 amide bonds. The van der Waals surface area contributed by atoms with E-state index in [0.717, 1.165) is 12.2 Å². The molecule has 1 heterocycles. The van der Waals surface area contributed by atoms with E-state index in [1.807, 2.05) is 24.3 Å². The first-order valence-corrected chi connectivity index (χ1v) is 7.05. The lowest BCUT2D eigenvalue weighted by atomic mass is 10.2. The Morgan fingerprint density at radius 1 is 1.35 bits per heavy atom. The molecular weight excluding hydrogens is 276 g/mol. The van der Waals surface area contributed by atoms with Gasteiger partial charge in [0, 0.05) is 12.6 Å². The molecule has 1 aromatic heterocycles. The number of hydrogen-bond acceptors (Lipinski definition) is 4. The Labute approximate surface area is 124 Å². The summed E-state index contributed by atoms with van der Waals surface area (Å²) < 4.78 is 10.8. The summed E-state index contributed by atoms with van der Waals surface area (Å²) in [5, 5.41) is 7.90. The summed E-state index contributed by atoms with van der Waals surface area (Å²) in [6, 6.07) is 9.25. The average molecular weight is 295 g/mol. The molecule has 0 bridgehead atoms. The van der Waals surface area contributed by atoms with E-state index in [1.54, 1.807) is 6.07 Å². The van der Waals surface area contributed by atoms with Crippen LogP contribution < -0.4 is 10.1 Å². The van der Waals surface area contributed by atoms with Crippen LogP contribution in [0.25, 0.3) is 0 Å². The first kappa shape index (κ1) is 14.9. The Bertz CT molecular complexity index is 540. The van der Waals surface area contributed by atoms with Gasteiger partial charge in [-0.3, -0.25) is 0 Å². The molecule has 1 N–H and O–H groups in total. The van der Waals surface area contributed by atoms with Crippen LogP contribution in [0.2, 0.25) is 5.02 Å². The molecule has 0 aliphatic carbocycles. The second kappa shape index (κ2) is 7.31. The van der Waals surface area contributed by atoms with E-state index in [0.29, 0.717) is 35.6 Å². The fraction of sp³-hybridized carbons (Fsp3) is 0.400. The largest absolute Gasteiger partial charge is 0.484 e. The molecule has 20 heavy (non-hydrogen) atoms. The van der Waals surface area contributed by atoms with E-state index in [9.17, 15) is 0 Å². The van der Waals surface area contributed by atoms with Crippen LogP contribution in [0, 0.1) is 5.92 Å². The van der Waals surface area contributed by atoms with Crippen LogP contribution in [0.3, 0.4) is 0 Å². The molecule has 5 heteroatoms. The Morgan fingerprint density at radius 2 is 2.15 bits per heavy atom. The molecule has 4 nitrogen and oxygen atoms in total. The predicted molar refractivity (Wildman–Crippen MR) is 78.8 cm³/mol. The van der Waals surface area contributed by atoms with Crippen molar-refractivity contribution in [3.8, 4) is 5.75 Å². The van der Waals surface area contributed by atoms with Crippen molar-refractivity contribution in [1.29, 1.82) is 0 Å². The molecule has 0 unspecified atom stereocenters. The highest BCUT2D eigenvalue weighted by molar-refractivity contribution is 6.32. The molecule has 0 fully saturated rings. The van der Waals surface area contributed by atoms with Gasteiger partial charge in [0.2, 0.25) is 0 Å². The van der Waals surface area contributed by atoms with Gasteiger partial charge in [0.1, 0.15) is 12.4 Å². The maximum absolute atomic E-state index is 6.01. The van der Waals surface area contributed by atoms with E-state index >= 15 is 0 Å². The number of rotatable bonds is 7. The van der Waals surface area contributed by atoms with Gasteiger partial charge in [-0.2, -0.15) is 0 Å². The second-order valence-corrected chi connectivity index (χ2v) is 5.44. The second-order valence-electron chi connectivity index (χ2n) is 5.03. The maximum atomic E-state index is 6.01. The molecule has 0 saturated heterocycles. The van der Waals surface area contributed by atoms with Crippen LogP contribution >= 0.6 is 11.6 Å². The van der Waals surface area contributed by atoms with Crippen LogP contribution in [0.4, 0.5) is 0 Å². The Morgan fingerprint density at radius 3 is 2.90 bits per heavy atom. The van der Waals surface area contributed by atoms with Crippen LogP contribution in [-0.4, -0.2) is 11.7 Å². The normalized spacial score (nSPS) is 11.0. The monoisotopic (exact) mass is 294 g/mol. The first-order valence-electron chi connectivity index (χ1n) is 6.67. The van der Waals surface area contributed by atoms with Crippen molar-refractivity contribution in [3.63, 3.8) is 0 Å². The van der Waals surface area contributed by atoms with Crippen LogP contribution in [0.5, 0.6) is 5.75 Å². The van der Waals surface area contributed by atoms with E-state index < -0.39 is 0 Å². The molecule has 0 aliphatic rings. The van der Waals surface area contributed by atoms with Gasteiger partial charge in [0.05, 0.1) is 10.7 Å². The van der Waals surface area contributed by atoms with Crippen LogP contribution in [0.1, 0.15) is 25.3 Å². The fourth-order valence-corrected chi connectivity index (χ4v) is 1.90. The summed E-state index contributed by atoms with van der Waals surface area (Å²) in [6.45, 7) is 6.31. The molecule has 0 radical (unpaired) electrons. The van der Waals surface area contributed by atoms with Gasteiger partial charge in [-0.25, -0.2) is 0 Å². The van der Waals surface area contributed by atoms with E-state index in [1.165, 1.54) is 0 Å². The summed E-state index contributed by atoms with van der Waals surface area (Å²) in [6.07, 6.45) is 0. The summed E-state index contributed by atoms with van der Waals surface area (Å²) >= 11 is 6.01. The van der Waals surface area contributed by atoms with Gasteiger partial charge in [-0.15, -0.1) is 0 Å². The molecule has 2 rings (SSSR count). The Hall–Kier alpha value is -1.52. The number of halogens is 1. The SMILES string of the molecule is CC(C)CNCc1cc(COc2ccccc2Cl)on1. The topological polar surface area (TPSA) is 47.3 Å². The van der Waals surface area contributed by atoms with E-state index in [2.05, 4.69) is 24.3 Å². The summed E-state index contributed by atoms with van der Waals surface area (Å²) in [4.78, 5) is 0. The number of nitrogens with one attached hydrogen (secondary N) is 1. The summed E-state index contributed by atoms with van der Waals surface area (Å²) in [5.74, 6) is 1.95. The number of benzene rings is 1. The lowest BCUT2D eigenvalue weighted by Crippen LogP contribution is -2.19. The number of hydrogen-bond donors (Lipinski definition) is 1. The molecule has 0 saturated carbocycles. The number of nitrogens with zero attached hydrogens (tertiary/aromatic N) is 1. The third-order valence-corrected chi connectivity index (χ3v) is 2.99. The molecule has 108 valence electrons. The molecule has 1 aromatic carbocycles. The number of para-hydroxylation sites is 1. The van der Waals surface area contributed by atoms with Gasteiger partial charge in [0.25, 0.3) is 0 Å². The highest BCUT2D eigenvalue weighted by Gasteiger charge is 2.06. The van der Waals surface area contributed by atoms with Crippen molar-refractivity contribution in [3.05, 3.63) is 46.8 Å². The quantitative estimate of drug-likeness (QED) is 0.847. The first-order chi connectivity index (χ1) is 9.65. The van der Waals surface area contributed by atoms with Gasteiger partial charge < -0.3 is 14.6 Å². The van der Waals surface area contributed by atoms with Crippen molar-refractivity contribution in [2.24, 2.45) is 5.92 Å². The summed E-state index contributed by atoms with van der Waals surface area (Å²) in [7, 11) is 0. The predicted octanol–water partition coefficient (Wildman–Crippen LogP) is 3.65. The highest BCUT2D eigenvalue weighted by atomic mass is 35.5. The van der Waals surface area contributed by atoms with Gasteiger partial charge in [-0.1, -0.05) is 42.7 Å².